The zero-order valence-corrected chi connectivity index (χ0v) is 17.5. The van der Waals surface area contributed by atoms with Gasteiger partial charge in [0, 0.05) is 6.92 Å². The molecule has 0 aliphatic heterocycles. The van der Waals surface area contributed by atoms with Crippen molar-refractivity contribution in [2.45, 2.75) is 53.9 Å². The van der Waals surface area contributed by atoms with Crippen molar-refractivity contribution in [3.8, 4) is 11.5 Å². The number of methoxy groups -OCH3 is 1. The van der Waals surface area contributed by atoms with Gasteiger partial charge in [0.05, 0.1) is 25.9 Å². The maximum atomic E-state index is 11.9. The van der Waals surface area contributed by atoms with Gasteiger partial charge in [-0.1, -0.05) is 34.1 Å². The van der Waals surface area contributed by atoms with Crippen molar-refractivity contribution < 1.29 is 33.7 Å². The van der Waals surface area contributed by atoms with Crippen molar-refractivity contribution in [2.24, 2.45) is 0 Å². The number of unbranched alkanes of at least 4 members (excludes halogenated alkanes) is 1. The lowest BCUT2D eigenvalue weighted by atomic mass is 10.2. The van der Waals surface area contributed by atoms with Gasteiger partial charge in [-0.2, -0.15) is 0 Å². The molecule has 0 spiro atoms. The molecule has 1 rings (SSSR count). The van der Waals surface area contributed by atoms with Crippen LogP contribution in [0.15, 0.2) is 18.2 Å². The highest BCUT2D eigenvalue weighted by molar-refractivity contribution is 5.90. The molecule has 1 aromatic carbocycles. The van der Waals surface area contributed by atoms with Crippen molar-refractivity contribution in [1.29, 1.82) is 0 Å². The summed E-state index contributed by atoms with van der Waals surface area (Å²) < 4.78 is 15.0. The van der Waals surface area contributed by atoms with Crippen LogP contribution in [0.4, 0.5) is 0 Å². The fraction of sp³-hybridized carbons (Fsp3) is 0.579. The molecule has 0 saturated carbocycles. The molecule has 0 atom stereocenters. The summed E-state index contributed by atoms with van der Waals surface area (Å²) in [5.74, 6) is -0.647. The largest absolute Gasteiger partial charge is 0.493 e. The summed E-state index contributed by atoms with van der Waals surface area (Å²) in [5, 5.41) is 9.06. The van der Waals surface area contributed by atoms with E-state index < -0.39 is 17.0 Å². The standard InChI is InChI=1S/C14H17NO8.C3H8.C2H6/c1-10(16)23-12-6-5-11(9-13(12)20-2)14(17)21-7-3-4-8-22-15(18)19;1-3-2;1-2/h5-6,9H,3-4,7-8H2,1-2H3;3H2,1-2H3;1-2H3. The molecule has 9 nitrogen and oxygen atoms in total. The van der Waals surface area contributed by atoms with Gasteiger partial charge in [-0.05, 0) is 31.0 Å². The molecular formula is C19H31NO8. The van der Waals surface area contributed by atoms with Crippen molar-refractivity contribution in [3.63, 3.8) is 0 Å². The van der Waals surface area contributed by atoms with E-state index in [0.717, 1.165) is 0 Å². The number of benzene rings is 1. The molecule has 0 aromatic heterocycles. The number of carbonyl (C=O) groups is 2. The SMILES string of the molecule is CC.CCC.COc1cc(C(=O)OCCCCO[N+](=O)[O-])ccc1OC(C)=O. The first-order valence-corrected chi connectivity index (χ1v) is 9.16. The Kier molecular flexibility index (Phi) is 17.2. The fourth-order valence-electron chi connectivity index (χ4n) is 1.63. The minimum Gasteiger partial charge on any atom is -0.493 e. The van der Waals surface area contributed by atoms with E-state index in [1.807, 2.05) is 13.8 Å². The van der Waals surface area contributed by atoms with Crippen LogP contribution >= 0.6 is 0 Å². The summed E-state index contributed by atoms with van der Waals surface area (Å²) in [4.78, 5) is 36.9. The van der Waals surface area contributed by atoms with E-state index in [9.17, 15) is 19.7 Å². The molecule has 0 aliphatic rings. The van der Waals surface area contributed by atoms with E-state index in [-0.39, 0.29) is 30.3 Å². The summed E-state index contributed by atoms with van der Waals surface area (Å²) in [6.07, 6.45) is 2.07. The fourth-order valence-corrected chi connectivity index (χ4v) is 1.63. The van der Waals surface area contributed by atoms with Gasteiger partial charge < -0.3 is 19.0 Å². The lowest BCUT2D eigenvalue weighted by Crippen LogP contribution is -2.09. The van der Waals surface area contributed by atoms with Crippen LogP contribution in [0.3, 0.4) is 0 Å². The predicted octanol–water partition coefficient (Wildman–Crippen LogP) is 4.21. The van der Waals surface area contributed by atoms with Gasteiger partial charge in [0.1, 0.15) is 0 Å². The Labute approximate surface area is 166 Å². The molecule has 0 amide bonds. The molecule has 0 aliphatic carbocycles. The number of carbonyl (C=O) groups excluding carboxylic acids is 2. The van der Waals surface area contributed by atoms with Gasteiger partial charge in [0.15, 0.2) is 11.5 Å². The summed E-state index contributed by atoms with van der Waals surface area (Å²) in [7, 11) is 1.38. The molecule has 160 valence electrons. The van der Waals surface area contributed by atoms with E-state index in [4.69, 9.17) is 14.2 Å². The zero-order valence-electron chi connectivity index (χ0n) is 17.5. The number of esters is 2. The summed E-state index contributed by atoms with van der Waals surface area (Å²) in [6, 6.07) is 4.27. The zero-order chi connectivity index (χ0) is 21.9. The Morgan fingerprint density at radius 2 is 1.64 bits per heavy atom. The molecule has 28 heavy (non-hydrogen) atoms. The van der Waals surface area contributed by atoms with E-state index in [1.54, 1.807) is 0 Å². The molecule has 1 aromatic rings. The molecule has 0 saturated heterocycles. The minimum atomic E-state index is -0.872. The quantitative estimate of drug-likeness (QED) is 0.199. The Bertz CT molecular complexity index is 589. The van der Waals surface area contributed by atoms with Crippen LogP contribution in [0.1, 0.15) is 64.2 Å². The van der Waals surface area contributed by atoms with Gasteiger partial charge in [0.25, 0.3) is 5.09 Å². The van der Waals surface area contributed by atoms with Gasteiger partial charge in [-0.3, -0.25) is 4.79 Å². The summed E-state index contributed by atoms with van der Waals surface area (Å²) >= 11 is 0. The molecular weight excluding hydrogens is 370 g/mol. The van der Waals surface area contributed by atoms with E-state index in [1.165, 1.54) is 38.7 Å². The highest BCUT2D eigenvalue weighted by Gasteiger charge is 2.13. The summed E-state index contributed by atoms with van der Waals surface area (Å²) in [6.45, 7) is 9.56. The highest BCUT2D eigenvalue weighted by Crippen LogP contribution is 2.28. The van der Waals surface area contributed by atoms with Gasteiger partial charge in [-0.15, -0.1) is 10.1 Å². The molecule has 0 heterocycles. The number of hydrogen-bond acceptors (Lipinski definition) is 8. The van der Waals surface area contributed by atoms with Gasteiger partial charge in [-0.25, -0.2) is 4.79 Å². The van der Waals surface area contributed by atoms with Crippen LogP contribution in [0.2, 0.25) is 0 Å². The third-order valence-electron chi connectivity index (χ3n) is 2.62. The molecule has 0 radical (unpaired) electrons. The minimum absolute atomic E-state index is 0.0462. The maximum Gasteiger partial charge on any atom is 0.338 e. The second-order valence-corrected chi connectivity index (χ2v) is 5.07. The molecule has 0 fully saturated rings. The number of ether oxygens (including phenoxy) is 3. The average Bonchev–Trinajstić information content (AvgIpc) is 2.66. The number of hydrogen-bond donors (Lipinski definition) is 0. The Hall–Kier alpha value is -2.84. The Morgan fingerprint density at radius 3 is 2.14 bits per heavy atom. The highest BCUT2D eigenvalue weighted by atomic mass is 16.9. The maximum absolute atomic E-state index is 11.9. The first-order chi connectivity index (χ1) is 13.3. The number of nitrogens with zero attached hydrogens (tertiary/aromatic N) is 1. The average molecular weight is 401 g/mol. The van der Waals surface area contributed by atoms with Gasteiger partial charge >= 0.3 is 11.9 Å². The van der Waals surface area contributed by atoms with E-state index in [2.05, 4.69) is 18.7 Å². The number of rotatable bonds is 9. The molecule has 0 bridgehead atoms. The smallest absolute Gasteiger partial charge is 0.338 e. The normalized spacial score (nSPS) is 8.93. The third-order valence-corrected chi connectivity index (χ3v) is 2.62. The first-order valence-electron chi connectivity index (χ1n) is 9.16. The summed E-state index contributed by atoms with van der Waals surface area (Å²) in [5.41, 5.74) is 0.235. The van der Waals surface area contributed by atoms with Crippen LogP contribution < -0.4 is 9.47 Å². The lowest BCUT2D eigenvalue weighted by Gasteiger charge is -2.10. The Balaban J connectivity index is 0. The van der Waals surface area contributed by atoms with Crippen molar-refractivity contribution in [3.05, 3.63) is 33.9 Å². The van der Waals surface area contributed by atoms with Crippen LogP contribution in [-0.4, -0.2) is 37.3 Å². The topological polar surface area (TPSA) is 114 Å². The third kappa shape index (κ3) is 13.4. The predicted molar refractivity (Wildman–Crippen MR) is 104 cm³/mol. The lowest BCUT2D eigenvalue weighted by molar-refractivity contribution is -0.757. The monoisotopic (exact) mass is 401 g/mol. The van der Waals surface area contributed by atoms with E-state index >= 15 is 0 Å². The van der Waals surface area contributed by atoms with Crippen LogP contribution in [0.5, 0.6) is 11.5 Å². The molecule has 9 heteroatoms. The van der Waals surface area contributed by atoms with Crippen LogP contribution in [0.25, 0.3) is 0 Å². The van der Waals surface area contributed by atoms with E-state index in [0.29, 0.717) is 12.8 Å². The second-order valence-electron chi connectivity index (χ2n) is 5.07. The van der Waals surface area contributed by atoms with Gasteiger partial charge in [0.2, 0.25) is 0 Å². The van der Waals surface area contributed by atoms with Crippen molar-refractivity contribution in [1.82, 2.24) is 0 Å². The molecule has 0 unspecified atom stereocenters. The van der Waals surface area contributed by atoms with Crippen LogP contribution in [0, 0.1) is 10.1 Å². The van der Waals surface area contributed by atoms with Crippen LogP contribution in [-0.2, 0) is 14.4 Å². The van der Waals surface area contributed by atoms with Crippen molar-refractivity contribution in [2.75, 3.05) is 20.3 Å². The first kappa shape index (κ1) is 27.4. The second kappa shape index (κ2) is 17.6. The molecule has 0 N–H and O–H groups in total. The van der Waals surface area contributed by atoms with Crippen molar-refractivity contribution >= 4 is 11.9 Å². The Morgan fingerprint density at radius 1 is 1.07 bits per heavy atom.